The van der Waals surface area contributed by atoms with E-state index in [-0.39, 0.29) is 17.2 Å². The zero-order valence-corrected chi connectivity index (χ0v) is 12.0. The van der Waals surface area contributed by atoms with Gasteiger partial charge in [0.25, 0.3) is 5.91 Å². The van der Waals surface area contributed by atoms with Crippen LogP contribution in [0, 0.1) is 11.3 Å². The Balaban J connectivity index is 1.91. The van der Waals surface area contributed by atoms with E-state index in [1.165, 1.54) is 0 Å². The molecule has 1 aromatic carbocycles. The quantitative estimate of drug-likeness (QED) is 0.765. The molecule has 6 nitrogen and oxygen atoms in total. The van der Waals surface area contributed by atoms with E-state index < -0.39 is 18.4 Å². The maximum absolute atomic E-state index is 11.9. The van der Waals surface area contributed by atoms with Gasteiger partial charge in [-0.3, -0.25) is 14.4 Å². The fraction of sp³-hybridized carbons (Fsp3) is 0.400. The van der Waals surface area contributed by atoms with E-state index in [2.05, 4.69) is 10.6 Å². The van der Waals surface area contributed by atoms with E-state index in [0.29, 0.717) is 11.3 Å². The predicted octanol–water partition coefficient (Wildman–Crippen LogP) is 1.49. The molecule has 0 spiro atoms. The second kappa shape index (κ2) is 5.55. The topological polar surface area (TPSA) is 95.5 Å². The van der Waals surface area contributed by atoms with Crippen LogP contribution in [0.1, 0.15) is 30.6 Å². The van der Waals surface area contributed by atoms with Gasteiger partial charge in [-0.1, -0.05) is 13.8 Å². The average molecular weight is 290 g/mol. The summed E-state index contributed by atoms with van der Waals surface area (Å²) in [7, 11) is 0. The number of hydrogen-bond donors (Lipinski definition) is 3. The van der Waals surface area contributed by atoms with Crippen LogP contribution in [-0.2, 0) is 9.59 Å². The first-order valence-electron chi connectivity index (χ1n) is 6.70. The Hall–Kier alpha value is -2.37. The molecule has 0 aromatic heterocycles. The summed E-state index contributed by atoms with van der Waals surface area (Å²) in [6, 6.07) is 6.35. The number of benzene rings is 1. The summed E-state index contributed by atoms with van der Waals surface area (Å²) in [6.07, 6.45) is 0.883. The number of amides is 2. The van der Waals surface area contributed by atoms with Crippen LogP contribution >= 0.6 is 0 Å². The lowest BCUT2D eigenvalue weighted by Gasteiger charge is -2.07. The third kappa shape index (κ3) is 3.81. The van der Waals surface area contributed by atoms with Crippen molar-refractivity contribution in [1.29, 1.82) is 0 Å². The maximum atomic E-state index is 11.9. The molecule has 112 valence electrons. The highest BCUT2D eigenvalue weighted by Gasteiger charge is 2.50. The Morgan fingerprint density at radius 3 is 2.29 bits per heavy atom. The van der Waals surface area contributed by atoms with Crippen molar-refractivity contribution in [1.82, 2.24) is 5.32 Å². The second-order valence-corrected chi connectivity index (χ2v) is 5.89. The van der Waals surface area contributed by atoms with Crippen molar-refractivity contribution in [2.45, 2.75) is 20.3 Å². The van der Waals surface area contributed by atoms with Gasteiger partial charge in [-0.05, 0) is 36.1 Å². The molecule has 2 rings (SSSR count). The average Bonchev–Trinajstić information content (AvgIpc) is 3.06. The lowest BCUT2D eigenvalue weighted by atomic mass is 10.1. The normalized spacial score (nSPS) is 18.7. The van der Waals surface area contributed by atoms with Crippen LogP contribution < -0.4 is 10.6 Å². The molecule has 2 amide bonds. The summed E-state index contributed by atoms with van der Waals surface area (Å²) in [5.41, 5.74) is 1.04. The third-order valence-electron chi connectivity index (χ3n) is 3.64. The molecule has 0 bridgehead atoms. The van der Waals surface area contributed by atoms with Gasteiger partial charge in [0.15, 0.2) is 0 Å². The number of carboxylic acids is 1. The van der Waals surface area contributed by atoms with Crippen LogP contribution in [0.4, 0.5) is 5.69 Å². The molecule has 0 saturated heterocycles. The minimum atomic E-state index is -1.10. The highest BCUT2D eigenvalue weighted by atomic mass is 16.4. The number of carbonyl (C=O) groups is 3. The molecule has 3 N–H and O–H groups in total. The number of hydrogen-bond acceptors (Lipinski definition) is 3. The first-order chi connectivity index (χ1) is 9.79. The fourth-order valence-electron chi connectivity index (χ4n) is 2.11. The minimum absolute atomic E-state index is 0.0110. The van der Waals surface area contributed by atoms with Gasteiger partial charge >= 0.3 is 5.97 Å². The largest absolute Gasteiger partial charge is 0.480 e. The minimum Gasteiger partial charge on any atom is -0.480 e. The maximum Gasteiger partial charge on any atom is 0.322 e. The van der Waals surface area contributed by atoms with Crippen molar-refractivity contribution >= 4 is 23.5 Å². The summed E-state index contributed by atoms with van der Waals surface area (Å²) in [5.74, 6) is -1.53. The predicted molar refractivity (Wildman–Crippen MR) is 76.9 cm³/mol. The van der Waals surface area contributed by atoms with Crippen molar-refractivity contribution in [2.75, 3.05) is 11.9 Å². The van der Waals surface area contributed by atoms with Gasteiger partial charge in [-0.15, -0.1) is 0 Å². The van der Waals surface area contributed by atoms with Crippen molar-refractivity contribution in [2.24, 2.45) is 11.3 Å². The number of carbonyl (C=O) groups excluding carboxylic acids is 2. The lowest BCUT2D eigenvalue weighted by Crippen LogP contribution is -2.29. The van der Waals surface area contributed by atoms with E-state index >= 15 is 0 Å². The number of rotatable bonds is 5. The van der Waals surface area contributed by atoms with Crippen LogP contribution in [-0.4, -0.2) is 29.4 Å². The molecule has 1 aromatic rings. The summed E-state index contributed by atoms with van der Waals surface area (Å²) in [4.78, 5) is 33.9. The molecule has 1 atom stereocenters. The van der Waals surface area contributed by atoms with Gasteiger partial charge in [-0.25, -0.2) is 0 Å². The fourth-order valence-corrected chi connectivity index (χ4v) is 2.11. The molecule has 1 fully saturated rings. The summed E-state index contributed by atoms with van der Waals surface area (Å²) >= 11 is 0. The molecule has 0 heterocycles. The second-order valence-electron chi connectivity index (χ2n) is 5.89. The Morgan fingerprint density at radius 1 is 1.24 bits per heavy atom. The smallest absolute Gasteiger partial charge is 0.322 e. The Bertz CT molecular complexity index is 578. The van der Waals surface area contributed by atoms with Crippen molar-refractivity contribution in [3.05, 3.63) is 29.8 Å². The number of aliphatic carboxylic acids is 1. The van der Waals surface area contributed by atoms with Gasteiger partial charge in [0, 0.05) is 17.2 Å². The third-order valence-corrected chi connectivity index (χ3v) is 3.64. The highest BCUT2D eigenvalue weighted by molar-refractivity contribution is 5.98. The van der Waals surface area contributed by atoms with Crippen molar-refractivity contribution in [3.8, 4) is 0 Å². The number of nitrogens with one attached hydrogen (secondary N) is 2. The summed E-state index contributed by atoms with van der Waals surface area (Å²) < 4.78 is 0. The zero-order chi connectivity index (χ0) is 15.6. The molecule has 0 radical (unpaired) electrons. The molecule has 1 unspecified atom stereocenters. The van der Waals surface area contributed by atoms with Crippen LogP contribution in [0.3, 0.4) is 0 Å². The van der Waals surface area contributed by atoms with Crippen LogP contribution in [0.5, 0.6) is 0 Å². The highest BCUT2D eigenvalue weighted by Crippen LogP contribution is 2.51. The van der Waals surface area contributed by atoms with Gasteiger partial charge < -0.3 is 15.7 Å². The SMILES string of the molecule is CC1(C)CC1C(=O)Nc1ccc(C(=O)NCC(=O)O)cc1. The Morgan fingerprint density at radius 2 is 1.81 bits per heavy atom. The van der Waals surface area contributed by atoms with Gasteiger partial charge in [0.1, 0.15) is 6.54 Å². The van der Waals surface area contributed by atoms with Crippen LogP contribution in [0.25, 0.3) is 0 Å². The molecular weight excluding hydrogens is 272 g/mol. The molecule has 0 aliphatic heterocycles. The number of anilines is 1. The van der Waals surface area contributed by atoms with E-state index in [4.69, 9.17) is 5.11 Å². The van der Waals surface area contributed by atoms with Crippen molar-refractivity contribution < 1.29 is 19.5 Å². The zero-order valence-electron chi connectivity index (χ0n) is 12.0. The Kier molecular flexibility index (Phi) is 3.97. The summed E-state index contributed by atoms with van der Waals surface area (Å²) in [6.45, 7) is 3.67. The molecule has 6 heteroatoms. The van der Waals surface area contributed by atoms with E-state index in [1.54, 1.807) is 24.3 Å². The first-order valence-corrected chi connectivity index (χ1v) is 6.70. The molecule has 1 aliphatic rings. The lowest BCUT2D eigenvalue weighted by molar-refractivity contribution is -0.135. The van der Waals surface area contributed by atoms with Crippen molar-refractivity contribution in [3.63, 3.8) is 0 Å². The van der Waals surface area contributed by atoms with Crippen LogP contribution in [0.15, 0.2) is 24.3 Å². The van der Waals surface area contributed by atoms with Crippen LogP contribution in [0.2, 0.25) is 0 Å². The van der Waals surface area contributed by atoms with Gasteiger partial charge in [-0.2, -0.15) is 0 Å². The molecule has 21 heavy (non-hydrogen) atoms. The van der Waals surface area contributed by atoms with E-state index in [9.17, 15) is 14.4 Å². The van der Waals surface area contributed by atoms with Gasteiger partial charge in [0.05, 0.1) is 0 Å². The summed E-state index contributed by atoms with van der Waals surface area (Å²) in [5, 5.41) is 13.6. The molecular formula is C15H18N2O4. The Labute approximate surface area is 122 Å². The van der Waals surface area contributed by atoms with E-state index in [1.807, 2.05) is 13.8 Å². The van der Waals surface area contributed by atoms with E-state index in [0.717, 1.165) is 6.42 Å². The standard InChI is InChI=1S/C15H18N2O4/c1-15(2)7-11(15)14(21)17-10-5-3-9(4-6-10)13(20)16-8-12(18)19/h3-6,11H,7-8H2,1-2H3,(H,16,20)(H,17,21)(H,18,19). The first kappa shape index (κ1) is 15.0. The van der Waals surface area contributed by atoms with Gasteiger partial charge in [0.2, 0.25) is 5.91 Å². The molecule has 1 aliphatic carbocycles. The monoisotopic (exact) mass is 290 g/mol. The number of carboxylic acid groups (broad SMARTS) is 1. The molecule has 1 saturated carbocycles.